The van der Waals surface area contributed by atoms with Gasteiger partial charge in [-0.05, 0) is 0 Å². The molecule has 0 aromatic rings. The Morgan fingerprint density at radius 1 is 1.06 bits per heavy atom. The molecular formula is C11H30NORb2ReRfRh-3. The minimum Gasteiger partial charge on any atom is -0.478 e. The molecule has 0 aliphatic heterocycles. The summed E-state index contributed by atoms with van der Waals surface area (Å²) in [6, 6.07) is 0. The Labute approximate surface area is 237 Å². The van der Waals surface area contributed by atoms with Gasteiger partial charge in [-0.3, -0.25) is 5.06 Å². The third kappa shape index (κ3) is 115. The molecule has 0 bridgehead atoms. The molecule has 0 saturated heterocycles. The van der Waals surface area contributed by atoms with E-state index in [1.807, 2.05) is 13.8 Å². The van der Waals surface area contributed by atoms with E-state index in [-0.39, 0.29) is 179 Å². The molecule has 0 aromatic heterocycles. The largest absolute Gasteiger partial charge is 1.00 e. The Morgan fingerprint density at radius 2 is 1.22 bits per heavy atom. The van der Waals surface area contributed by atoms with Crippen LogP contribution in [0.15, 0.2) is 0 Å². The van der Waals surface area contributed by atoms with Crippen molar-refractivity contribution in [3.8, 4) is 0 Å². The molecule has 0 rings (SSSR count). The van der Waals surface area contributed by atoms with E-state index >= 15 is 0 Å². The van der Waals surface area contributed by atoms with Gasteiger partial charge in [0.05, 0.1) is 0 Å². The van der Waals surface area contributed by atoms with Gasteiger partial charge in [-0.1, -0.05) is 21.3 Å². The van der Waals surface area contributed by atoms with Crippen LogP contribution in [-0.4, -0.2) is 18.7 Å². The Kier molecular flexibility index (Phi) is 472. The summed E-state index contributed by atoms with van der Waals surface area (Å²) in [6.07, 6.45) is 0. The third-order valence-corrected chi connectivity index (χ3v) is 0.535. The normalized spacial score (nSPS) is 4.00. The van der Waals surface area contributed by atoms with Crippen LogP contribution in [0.3, 0.4) is 0 Å². The van der Waals surface area contributed by atoms with Crippen LogP contribution in [-0.2, 0) is 44.7 Å². The van der Waals surface area contributed by atoms with Crippen LogP contribution in [0.4, 0.5) is 0 Å². The van der Waals surface area contributed by atoms with Crippen molar-refractivity contribution >= 4 is 0 Å². The number of hydroxylamine groups is 2. The molecule has 0 unspecified atom stereocenters. The predicted octanol–water partition coefficient (Wildman–Crippen LogP) is -2.12. The molecule has 0 N–H and O–H groups in total. The molecule has 0 aromatic carbocycles. The average molecular weight is 919 g/mol. The van der Waals surface area contributed by atoms with E-state index in [2.05, 4.69) is 25.8 Å². The molecule has 0 saturated carbocycles. The molecule has 0 heterocycles. The van der Waals surface area contributed by atoms with E-state index in [4.69, 9.17) is 0 Å². The van der Waals surface area contributed by atoms with E-state index < -0.39 is 0 Å². The summed E-state index contributed by atoms with van der Waals surface area (Å²) in [6.45, 7) is 13.1. The van der Waals surface area contributed by atoms with Crippen LogP contribution in [0.2, 0.25) is 0 Å². The molecule has 0 amide bonds. The Morgan fingerprint density at radius 3 is 1.22 bits per heavy atom. The summed E-state index contributed by atoms with van der Waals surface area (Å²) >= 11 is 0. The Hall–Kier alpha value is 3.82. The van der Waals surface area contributed by atoms with Gasteiger partial charge in [0.15, 0.2) is 0 Å². The van der Waals surface area contributed by atoms with Crippen molar-refractivity contribution in [3.63, 3.8) is 0 Å². The Balaban J connectivity index is -0.00000000421. The van der Waals surface area contributed by atoms with Crippen molar-refractivity contribution in [2.24, 2.45) is 0 Å². The second kappa shape index (κ2) is 105. The third-order valence-electron chi connectivity index (χ3n) is 0.535. The molecule has 0 aliphatic rings. The molecule has 108 valence electrons. The van der Waals surface area contributed by atoms with Crippen LogP contribution in [0.1, 0.15) is 28.2 Å². The summed E-state index contributed by atoms with van der Waals surface area (Å²) in [4.78, 5) is 4.42. The zero-order chi connectivity index (χ0) is 8.99. The topological polar surface area (TPSA) is 12.5 Å². The fraction of sp³-hybridized carbons (Fsp3) is 0.545. The summed E-state index contributed by atoms with van der Waals surface area (Å²) in [5.74, 6) is 0. The standard InChI is InChI=1S/C4H9NO.C2H6.C2H5.CH4.2CH3.2Rb.Re.Rf.Rh/c1-4-5(2)6-3;2*1-2;;;;;;;;/h1,3-4H2,2H3;1-2H3;1H2,2H3;1H4;2*1H3;;;;;/q-2;;-1;;2*-1;2*+1;;;. The molecule has 2 nitrogen and oxygen atoms in total. The van der Waals surface area contributed by atoms with Gasteiger partial charge in [-0.2, -0.15) is 6.92 Å². The minimum absolute atomic E-state index is 0. The number of hydrogen-bond acceptors (Lipinski definition) is 2. The van der Waals surface area contributed by atoms with Crippen molar-refractivity contribution in [2.45, 2.75) is 28.2 Å². The average Bonchev–Trinajstić information content (AvgIpc) is 2.10. The van der Waals surface area contributed by atoms with Gasteiger partial charge in [-0.15, -0.1) is 6.54 Å². The summed E-state index contributed by atoms with van der Waals surface area (Å²) < 4.78 is 0. The SMILES string of the molecule is C.CC.[CH2-]C.[CH2-]CN(C)O[CH2-].[CH3-].[CH3-].[Rb+].[Rb+].[Re].[Rf].[Rh]. The Bertz CT molecular complexity index is 54.2. The fourth-order valence-corrected chi connectivity index (χ4v) is 0.0645. The van der Waals surface area contributed by atoms with Gasteiger partial charge in [-0.25, -0.2) is 7.11 Å². The van der Waals surface area contributed by atoms with E-state index in [1.54, 1.807) is 14.0 Å². The molecule has 18 heavy (non-hydrogen) atoms. The monoisotopic (exact) mass is 919 g/mol. The van der Waals surface area contributed by atoms with Gasteiger partial charge < -0.3 is 33.5 Å². The second-order valence-electron chi connectivity index (χ2n) is 0.981. The summed E-state index contributed by atoms with van der Waals surface area (Å²) in [5.41, 5.74) is 0. The zero-order valence-corrected chi connectivity index (χ0v) is 33.7. The molecular weight excluding hydrogens is 889 g/mol. The number of nitrogens with zero attached hydrogens (tertiary/aromatic N) is 1. The van der Waals surface area contributed by atoms with Crippen LogP contribution < -0.4 is 116 Å². The zero-order valence-electron chi connectivity index (χ0n) is 13.1. The van der Waals surface area contributed by atoms with Crippen LogP contribution >= 0.6 is 0 Å². The summed E-state index contributed by atoms with van der Waals surface area (Å²) in [5, 5.41) is 1.53. The summed E-state index contributed by atoms with van der Waals surface area (Å²) in [7, 11) is 4.91. The molecule has 2 radical (unpaired) electrons. The van der Waals surface area contributed by atoms with Crippen molar-refractivity contribution in [1.82, 2.24) is 5.06 Å². The van der Waals surface area contributed by atoms with Gasteiger partial charge in [0.1, 0.15) is 0 Å². The van der Waals surface area contributed by atoms with Crippen LogP contribution in [0.5, 0.6) is 0 Å². The maximum atomic E-state index is 4.42. The maximum Gasteiger partial charge on any atom is 1.00 e. The van der Waals surface area contributed by atoms with Crippen LogP contribution in [0, 0.1) is 35.8 Å². The van der Waals surface area contributed by atoms with Gasteiger partial charge in [0.2, 0.25) is 0 Å². The minimum atomic E-state index is 0. The first-order chi connectivity index (χ1) is 4.81. The van der Waals surface area contributed by atoms with Gasteiger partial charge >= 0.3 is 116 Å². The van der Waals surface area contributed by atoms with E-state index in [0.29, 0.717) is 6.54 Å². The van der Waals surface area contributed by atoms with Gasteiger partial charge in [0, 0.05) is 46.9 Å². The molecule has 0 fully saturated rings. The quantitative estimate of drug-likeness (QED) is 0.179. The predicted molar refractivity (Wildman–Crippen MR) is 66.4 cm³/mol. The van der Waals surface area contributed by atoms with Crippen LogP contribution in [0.25, 0.3) is 0 Å². The molecule has 0 atom stereocenters. The molecule has 0 spiro atoms. The van der Waals surface area contributed by atoms with E-state index in [0.717, 1.165) is 0 Å². The smallest absolute Gasteiger partial charge is 0.478 e. The van der Waals surface area contributed by atoms with Crippen molar-refractivity contribution in [2.75, 3.05) is 13.6 Å². The van der Waals surface area contributed by atoms with Crippen molar-refractivity contribution in [1.29, 1.82) is 0 Å². The molecule has 0 aliphatic carbocycles. The van der Waals surface area contributed by atoms with E-state index in [1.165, 1.54) is 5.06 Å². The van der Waals surface area contributed by atoms with Gasteiger partial charge in [0.25, 0.3) is 0 Å². The first-order valence-corrected chi connectivity index (χ1v) is 3.44. The second-order valence-corrected chi connectivity index (χ2v) is 0.981. The first-order valence-electron chi connectivity index (χ1n) is 3.44. The first kappa shape index (κ1) is 80.8. The fourth-order valence-electron chi connectivity index (χ4n) is 0.0645. The maximum absolute atomic E-state index is 4.42. The molecule has 7 heteroatoms. The number of rotatable bonds is 2. The van der Waals surface area contributed by atoms with E-state index in [9.17, 15) is 0 Å². The van der Waals surface area contributed by atoms with Crippen molar-refractivity contribution in [3.05, 3.63) is 35.8 Å². The number of hydrogen-bond donors (Lipinski definition) is 0. The van der Waals surface area contributed by atoms with Crippen molar-refractivity contribution < 1.29 is 161 Å².